The molecule has 24 heavy (non-hydrogen) atoms. The van der Waals surface area contributed by atoms with Crippen molar-refractivity contribution in [1.29, 1.82) is 0 Å². The first-order chi connectivity index (χ1) is 10.5. The predicted molar refractivity (Wildman–Crippen MR) is 110 cm³/mol. The zero-order valence-electron chi connectivity index (χ0n) is 17.2. The molecule has 0 aromatic carbocycles. The Morgan fingerprint density at radius 1 is 0.958 bits per heavy atom. The van der Waals surface area contributed by atoms with E-state index in [9.17, 15) is 9.59 Å². The van der Waals surface area contributed by atoms with Gasteiger partial charge in [0.2, 0.25) is 0 Å². The lowest BCUT2D eigenvalue weighted by atomic mass is 9.81. The van der Waals surface area contributed by atoms with Gasteiger partial charge in [-0.3, -0.25) is 9.59 Å². The Bertz CT molecular complexity index is 428. The molecular weight excluding hydrogens is 338 g/mol. The zero-order valence-corrected chi connectivity index (χ0v) is 18.8. The van der Waals surface area contributed by atoms with Crippen molar-refractivity contribution in [3.05, 3.63) is 0 Å². The van der Waals surface area contributed by atoms with E-state index in [0.29, 0.717) is 12.2 Å². The van der Waals surface area contributed by atoms with Gasteiger partial charge in [-0.1, -0.05) is 70.1 Å². The van der Waals surface area contributed by atoms with E-state index in [1.54, 1.807) is 21.6 Å². The van der Waals surface area contributed by atoms with Crippen molar-refractivity contribution in [2.45, 2.75) is 92.0 Å². The van der Waals surface area contributed by atoms with Gasteiger partial charge in [0.05, 0.1) is 6.04 Å². The molecule has 0 fully saturated rings. The first kappa shape index (κ1) is 24.0. The predicted octanol–water partition coefficient (Wildman–Crippen LogP) is 5.13. The fourth-order valence-corrected chi connectivity index (χ4v) is 4.79. The van der Waals surface area contributed by atoms with Crippen LogP contribution in [0.5, 0.6) is 0 Å². The summed E-state index contributed by atoms with van der Waals surface area (Å²) in [7, 11) is 3.52. The Kier molecular flexibility index (Phi) is 9.09. The van der Waals surface area contributed by atoms with E-state index < -0.39 is 5.41 Å². The van der Waals surface area contributed by atoms with Gasteiger partial charge in [-0.25, -0.2) is 0 Å². The number of Topliss-reactive ketones (excluding diaryl/α,β-unsaturated/α-hetero) is 2. The minimum atomic E-state index is -0.399. The third kappa shape index (κ3) is 10.8. The van der Waals surface area contributed by atoms with Crippen LogP contribution in [0, 0.1) is 11.3 Å². The molecule has 0 amide bonds. The topological polar surface area (TPSA) is 46.2 Å². The first-order valence-electron chi connectivity index (χ1n) is 8.68. The fourth-order valence-electron chi connectivity index (χ4n) is 2.29. The highest BCUT2D eigenvalue weighted by molar-refractivity contribution is 8.77. The summed E-state index contributed by atoms with van der Waals surface area (Å²) in [6.07, 6.45) is 0.310. The molecule has 0 heterocycles. The summed E-state index contributed by atoms with van der Waals surface area (Å²) < 4.78 is 0.162. The minimum Gasteiger partial charge on any atom is -0.302 e. The van der Waals surface area contributed by atoms with Gasteiger partial charge < -0.3 is 5.32 Å². The fraction of sp³-hybridized carbons (Fsp3) is 0.895. The van der Waals surface area contributed by atoms with Crippen molar-refractivity contribution in [3.8, 4) is 0 Å². The summed E-state index contributed by atoms with van der Waals surface area (Å²) in [5.41, 5.74) is -0.534. The van der Waals surface area contributed by atoms with Gasteiger partial charge in [0.25, 0.3) is 0 Å². The molecule has 0 aromatic heterocycles. The summed E-state index contributed by atoms with van der Waals surface area (Å²) in [5.74, 6) is 0.773. The average molecular weight is 376 g/mol. The van der Waals surface area contributed by atoms with Gasteiger partial charge >= 0.3 is 0 Å². The number of hydrogen-bond donors (Lipinski definition) is 1. The van der Waals surface area contributed by atoms with Gasteiger partial charge in [-0.2, -0.15) is 0 Å². The second-order valence-electron chi connectivity index (χ2n) is 9.61. The number of nitrogens with one attached hydrogen (secondary N) is 1. The van der Waals surface area contributed by atoms with E-state index in [-0.39, 0.29) is 33.8 Å². The molecule has 0 rings (SSSR count). The quantitative estimate of drug-likeness (QED) is 0.596. The molecule has 0 saturated heterocycles. The molecule has 0 bridgehead atoms. The molecule has 2 atom stereocenters. The van der Waals surface area contributed by atoms with Gasteiger partial charge in [0.15, 0.2) is 5.78 Å². The maximum atomic E-state index is 12.8. The normalized spacial score (nSPS) is 15.9. The number of rotatable bonds is 8. The maximum Gasteiger partial charge on any atom is 0.151 e. The Morgan fingerprint density at radius 3 is 1.83 bits per heavy atom. The SMILES string of the molecule is C[C@H](CC(=O)[C@H](CSSC(C)(C)C)NC(C)(C)C)C(=O)C(C)(C)C. The summed E-state index contributed by atoms with van der Waals surface area (Å²) >= 11 is 0. The van der Waals surface area contributed by atoms with Gasteiger partial charge in [0.1, 0.15) is 5.78 Å². The number of hydrogen-bond acceptors (Lipinski definition) is 5. The third-order valence-electron chi connectivity index (χ3n) is 3.23. The maximum absolute atomic E-state index is 12.8. The molecule has 0 aliphatic heterocycles. The van der Waals surface area contributed by atoms with E-state index in [1.165, 1.54) is 0 Å². The lowest BCUT2D eigenvalue weighted by Gasteiger charge is -2.29. The highest BCUT2D eigenvalue weighted by Crippen LogP contribution is 2.35. The summed E-state index contributed by atoms with van der Waals surface area (Å²) in [6, 6.07) is -0.222. The van der Waals surface area contributed by atoms with Crippen LogP contribution in [0.1, 0.15) is 75.7 Å². The van der Waals surface area contributed by atoms with Crippen LogP contribution < -0.4 is 5.32 Å². The Hall–Kier alpha value is -0.0000000000000000555. The largest absolute Gasteiger partial charge is 0.302 e. The first-order valence-corrected chi connectivity index (χ1v) is 11.0. The van der Waals surface area contributed by atoms with Crippen LogP contribution in [0.3, 0.4) is 0 Å². The smallest absolute Gasteiger partial charge is 0.151 e. The van der Waals surface area contributed by atoms with Gasteiger partial charge in [-0.05, 0) is 20.8 Å². The number of carbonyl (C=O) groups excluding carboxylic acids is 2. The molecule has 3 nitrogen and oxygen atoms in total. The van der Waals surface area contributed by atoms with E-state index in [2.05, 4.69) is 46.9 Å². The molecule has 0 radical (unpaired) electrons. The lowest BCUT2D eigenvalue weighted by molar-refractivity contribution is -0.133. The van der Waals surface area contributed by atoms with E-state index in [4.69, 9.17) is 0 Å². The van der Waals surface area contributed by atoms with Crippen LogP contribution in [0.25, 0.3) is 0 Å². The standard InChI is InChI=1S/C19H37NO2S2/c1-13(16(22)17(2,3)4)11-15(21)14(20-18(5,6)7)12-23-24-19(8,9)10/h13-14,20H,11-12H2,1-10H3/t13-,14+/m1/s1. The highest BCUT2D eigenvalue weighted by Gasteiger charge is 2.31. The van der Waals surface area contributed by atoms with Crippen LogP contribution in [-0.2, 0) is 9.59 Å². The molecule has 1 N–H and O–H groups in total. The summed E-state index contributed by atoms with van der Waals surface area (Å²) in [5, 5.41) is 3.43. The van der Waals surface area contributed by atoms with Crippen molar-refractivity contribution in [1.82, 2.24) is 5.32 Å². The van der Waals surface area contributed by atoms with E-state index in [0.717, 1.165) is 0 Å². The van der Waals surface area contributed by atoms with Crippen molar-refractivity contribution in [2.75, 3.05) is 5.75 Å². The van der Waals surface area contributed by atoms with Crippen LogP contribution in [0.2, 0.25) is 0 Å². The second kappa shape index (κ2) is 9.09. The van der Waals surface area contributed by atoms with Crippen molar-refractivity contribution in [3.63, 3.8) is 0 Å². The molecule has 0 saturated carbocycles. The van der Waals surface area contributed by atoms with E-state index in [1.807, 2.05) is 27.7 Å². The van der Waals surface area contributed by atoms with Crippen molar-refractivity contribution < 1.29 is 9.59 Å². The molecule has 142 valence electrons. The summed E-state index contributed by atoms with van der Waals surface area (Å²) in [4.78, 5) is 25.2. The van der Waals surface area contributed by atoms with Gasteiger partial charge in [-0.15, -0.1) is 0 Å². The lowest BCUT2D eigenvalue weighted by Crippen LogP contribution is -2.49. The van der Waals surface area contributed by atoms with Crippen LogP contribution in [0.15, 0.2) is 0 Å². The zero-order chi connectivity index (χ0) is 19.3. The monoisotopic (exact) mass is 375 g/mol. The average Bonchev–Trinajstić information content (AvgIpc) is 2.32. The minimum absolute atomic E-state index is 0.134. The van der Waals surface area contributed by atoms with Crippen LogP contribution in [0.4, 0.5) is 0 Å². The van der Waals surface area contributed by atoms with Crippen molar-refractivity contribution in [2.24, 2.45) is 11.3 Å². The molecule has 0 aromatic rings. The van der Waals surface area contributed by atoms with E-state index >= 15 is 0 Å². The summed E-state index contributed by atoms with van der Waals surface area (Å²) in [6.45, 7) is 20.3. The van der Waals surface area contributed by atoms with Crippen molar-refractivity contribution >= 4 is 33.2 Å². The highest BCUT2D eigenvalue weighted by atomic mass is 33.1. The number of carbonyl (C=O) groups is 2. The molecule has 5 heteroatoms. The Labute approximate surface area is 157 Å². The molecular formula is C19H37NO2S2. The molecule has 0 unspecified atom stereocenters. The Balaban J connectivity index is 4.88. The molecule has 0 aliphatic rings. The van der Waals surface area contributed by atoms with Gasteiger partial charge in [0, 0.05) is 33.8 Å². The Morgan fingerprint density at radius 2 is 1.46 bits per heavy atom. The van der Waals surface area contributed by atoms with Crippen LogP contribution in [-0.4, -0.2) is 33.6 Å². The molecule has 0 aliphatic carbocycles. The van der Waals surface area contributed by atoms with Crippen LogP contribution >= 0.6 is 21.6 Å². The number of ketones is 2. The molecule has 0 spiro atoms. The second-order valence-corrected chi connectivity index (χ2v) is 12.8. The third-order valence-corrected chi connectivity index (χ3v) is 6.58.